The number of aryl methyl sites for hydroxylation is 1. The first-order valence-corrected chi connectivity index (χ1v) is 7.66. The number of hydrogen-bond donors (Lipinski definition) is 1. The van der Waals surface area contributed by atoms with E-state index in [4.69, 9.17) is 5.73 Å². The number of carbonyl (C=O) groups excluding carboxylic acids is 1. The molecule has 1 aromatic heterocycles. The molecule has 0 spiro atoms. The molecule has 0 saturated carbocycles. The molecule has 0 fully saturated rings. The summed E-state index contributed by atoms with van der Waals surface area (Å²) < 4.78 is 1.94. The van der Waals surface area contributed by atoms with E-state index < -0.39 is 0 Å². The van der Waals surface area contributed by atoms with Gasteiger partial charge in [0.1, 0.15) is 5.82 Å². The van der Waals surface area contributed by atoms with Gasteiger partial charge in [-0.05, 0) is 30.7 Å². The highest BCUT2D eigenvalue weighted by molar-refractivity contribution is 5.75. The average molecular weight is 294 g/mol. The summed E-state index contributed by atoms with van der Waals surface area (Å²) in [5.74, 6) is 1.55. The minimum atomic E-state index is 0.171. The van der Waals surface area contributed by atoms with Crippen LogP contribution in [0, 0.1) is 11.3 Å². The minimum Gasteiger partial charge on any atom is -0.338 e. The maximum absolute atomic E-state index is 12.3. The van der Waals surface area contributed by atoms with Crippen LogP contribution in [-0.4, -0.2) is 34.0 Å². The van der Waals surface area contributed by atoms with Crippen LogP contribution in [0.1, 0.15) is 45.9 Å². The van der Waals surface area contributed by atoms with E-state index in [1.807, 2.05) is 24.9 Å². The van der Waals surface area contributed by atoms with Crippen LogP contribution in [0.4, 0.5) is 0 Å². The Balaban J connectivity index is 2.50. The zero-order chi connectivity index (χ0) is 16.0. The Bertz CT molecular complexity index is 447. The average Bonchev–Trinajstić information content (AvgIpc) is 2.78. The summed E-state index contributed by atoms with van der Waals surface area (Å²) in [6.45, 7) is 7.89. The second kappa shape index (κ2) is 7.59. The Hall–Kier alpha value is -1.36. The Labute approximate surface area is 128 Å². The summed E-state index contributed by atoms with van der Waals surface area (Å²) in [6.07, 6.45) is 6.09. The molecule has 0 aromatic carbocycles. The van der Waals surface area contributed by atoms with Crippen molar-refractivity contribution in [2.24, 2.45) is 24.1 Å². The van der Waals surface area contributed by atoms with E-state index in [9.17, 15) is 4.79 Å². The van der Waals surface area contributed by atoms with Gasteiger partial charge in [0, 0.05) is 32.9 Å². The molecule has 5 nitrogen and oxygen atoms in total. The maximum atomic E-state index is 12.3. The molecule has 0 radical (unpaired) electrons. The molecule has 0 aliphatic carbocycles. The van der Waals surface area contributed by atoms with Gasteiger partial charge in [-0.2, -0.15) is 0 Å². The van der Waals surface area contributed by atoms with Gasteiger partial charge in [-0.3, -0.25) is 4.79 Å². The van der Waals surface area contributed by atoms with Crippen molar-refractivity contribution in [3.05, 3.63) is 18.2 Å². The number of amides is 1. The van der Waals surface area contributed by atoms with Crippen LogP contribution in [0.5, 0.6) is 0 Å². The number of nitrogens with two attached hydrogens (primary N) is 1. The lowest BCUT2D eigenvalue weighted by Gasteiger charge is -2.31. The lowest BCUT2D eigenvalue weighted by atomic mass is 9.76. The number of aromatic nitrogens is 2. The topological polar surface area (TPSA) is 64.2 Å². The predicted molar refractivity (Wildman–Crippen MR) is 85.5 cm³/mol. The largest absolute Gasteiger partial charge is 0.338 e. The van der Waals surface area contributed by atoms with Gasteiger partial charge in [0.2, 0.25) is 5.91 Å². The van der Waals surface area contributed by atoms with Crippen molar-refractivity contribution < 1.29 is 4.79 Å². The van der Waals surface area contributed by atoms with Gasteiger partial charge in [-0.1, -0.05) is 20.8 Å². The first kappa shape index (κ1) is 17.7. The van der Waals surface area contributed by atoms with Crippen LogP contribution in [0.3, 0.4) is 0 Å². The van der Waals surface area contributed by atoms with Crippen LogP contribution >= 0.6 is 0 Å². The Morgan fingerprint density at radius 2 is 2.10 bits per heavy atom. The van der Waals surface area contributed by atoms with Crippen LogP contribution in [0.2, 0.25) is 0 Å². The highest BCUT2D eigenvalue weighted by atomic mass is 16.2. The molecule has 0 aliphatic heterocycles. The van der Waals surface area contributed by atoms with Crippen molar-refractivity contribution in [1.82, 2.24) is 14.5 Å². The molecule has 1 rings (SSSR count). The predicted octanol–water partition coefficient (Wildman–Crippen LogP) is 2.17. The van der Waals surface area contributed by atoms with Crippen LogP contribution < -0.4 is 5.73 Å². The van der Waals surface area contributed by atoms with E-state index in [0.29, 0.717) is 25.4 Å². The van der Waals surface area contributed by atoms with Crippen molar-refractivity contribution >= 4 is 5.91 Å². The number of imidazole rings is 1. The summed E-state index contributed by atoms with van der Waals surface area (Å²) in [5, 5.41) is 0. The van der Waals surface area contributed by atoms with Gasteiger partial charge in [0.25, 0.3) is 0 Å². The van der Waals surface area contributed by atoms with E-state index >= 15 is 0 Å². The molecule has 0 aliphatic rings. The fourth-order valence-corrected chi connectivity index (χ4v) is 2.55. The monoisotopic (exact) mass is 294 g/mol. The molecule has 5 heteroatoms. The summed E-state index contributed by atoms with van der Waals surface area (Å²) >= 11 is 0. The first-order valence-electron chi connectivity index (χ1n) is 7.66. The Kier molecular flexibility index (Phi) is 6.40. The summed E-state index contributed by atoms with van der Waals surface area (Å²) in [4.78, 5) is 18.3. The lowest BCUT2D eigenvalue weighted by molar-refractivity contribution is -0.131. The normalized spacial score (nSPS) is 13.2. The first-order chi connectivity index (χ1) is 9.75. The van der Waals surface area contributed by atoms with Crippen LogP contribution in [0.15, 0.2) is 12.4 Å². The van der Waals surface area contributed by atoms with Crippen molar-refractivity contribution in [1.29, 1.82) is 0 Å². The second-order valence-corrected chi connectivity index (χ2v) is 6.88. The van der Waals surface area contributed by atoms with Crippen molar-refractivity contribution in [2.75, 3.05) is 13.6 Å². The van der Waals surface area contributed by atoms with Crippen molar-refractivity contribution in [3.8, 4) is 0 Å². The fourth-order valence-electron chi connectivity index (χ4n) is 2.55. The zero-order valence-corrected chi connectivity index (χ0v) is 14.1. The van der Waals surface area contributed by atoms with Crippen molar-refractivity contribution in [3.63, 3.8) is 0 Å². The van der Waals surface area contributed by atoms with Gasteiger partial charge in [0.05, 0.1) is 6.54 Å². The van der Waals surface area contributed by atoms with Crippen molar-refractivity contribution in [2.45, 2.75) is 46.6 Å². The van der Waals surface area contributed by atoms with E-state index in [1.165, 1.54) is 0 Å². The highest BCUT2D eigenvalue weighted by Crippen LogP contribution is 2.32. The fraction of sp³-hybridized carbons (Fsp3) is 0.750. The van der Waals surface area contributed by atoms with Gasteiger partial charge >= 0.3 is 0 Å². The molecular weight excluding hydrogens is 264 g/mol. The van der Waals surface area contributed by atoms with Gasteiger partial charge in [-0.25, -0.2) is 4.98 Å². The SMILES string of the molecule is CN(Cc1nccn1C)C(=O)CCC(CCN)C(C)(C)C. The highest BCUT2D eigenvalue weighted by Gasteiger charge is 2.25. The molecule has 1 amide bonds. The maximum Gasteiger partial charge on any atom is 0.222 e. The third-order valence-electron chi connectivity index (χ3n) is 4.17. The number of rotatable bonds is 7. The summed E-state index contributed by atoms with van der Waals surface area (Å²) in [7, 11) is 3.78. The molecule has 1 atom stereocenters. The molecule has 2 N–H and O–H groups in total. The van der Waals surface area contributed by atoms with Crippen LogP contribution in [0.25, 0.3) is 0 Å². The molecule has 21 heavy (non-hydrogen) atoms. The van der Waals surface area contributed by atoms with Gasteiger partial charge in [0.15, 0.2) is 0 Å². The number of nitrogens with zero attached hydrogens (tertiary/aromatic N) is 3. The van der Waals surface area contributed by atoms with E-state index in [1.54, 1.807) is 11.1 Å². The molecular formula is C16H30N4O. The molecule has 0 saturated heterocycles. The molecule has 0 bridgehead atoms. The zero-order valence-electron chi connectivity index (χ0n) is 14.1. The third-order valence-corrected chi connectivity index (χ3v) is 4.17. The third kappa shape index (κ3) is 5.50. The van der Waals surface area contributed by atoms with E-state index in [2.05, 4.69) is 25.8 Å². The quantitative estimate of drug-likeness (QED) is 0.838. The number of hydrogen-bond acceptors (Lipinski definition) is 3. The Morgan fingerprint density at radius 3 is 2.57 bits per heavy atom. The molecule has 120 valence electrons. The molecule has 1 unspecified atom stereocenters. The molecule has 1 aromatic rings. The second-order valence-electron chi connectivity index (χ2n) is 6.88. The summed E-state index contributed by atoms with van der Waals surface area (Å²) in [6, 6.07) is 0. The van der Waals surface area contributed by atoms with Gasteiger partial charge < -0.3 is 15.2 Å². The summed E-state index contributed by atoms with van der Waals surface area (Å²) in [5.41, 5.74) is 5.89. The molecule has 1 heterocycles. The standard InChI is InChI=1S/C16H30N4O/c1-16(2,3)13(8-9-17)6-7-15(21)20(5)12-14-18-10-11-19(14)4/h10-11,13H,6-9,12,17H2,1-5H3. The van der Waals surface area contributed by atoms with E-state index in [-0.39, 0.29) is 11.3 Å². The van der Waals surface area contributed by atoms with Crippen LogP contribution in [-0.2, 0) is 18.4 Å². The van der Waals surface area contributed by atoms with Gasteiger partial charge in [-0.15, -0.1) is 0 Å². The van der Waals surface area contributed by atoms with E-state index in [0.717, 1.165) is 18.7 Å². The Morgan fingerprint density at radius 1 is 1.43 bits per heavy atom. The number of carbonyl (C=O) groups is 1. The lowest BCUT2D eigenvalue weighted by Crippen LogP contribution is -2.30. The smallest absolute Gasteiger partial charge is 0.222 e. The minimum absolute atomic E-state index is 0.171.